The van der Waals surface area contributed by atoms with Gasteiger partial charge in [-0.3, -0.25) is 4.79 Å². The third-order valence-electron chi connectivity index (χ3n) is 3.19. The van der Waals surface area contributed by atoms with E-state index in [1.165, 1.54) is 4.31 Å². The van der Waals surface area contributed by atoms with Crippen LogP contribution in [-0.4, -0.2) is 42.0 Å². The standard InChI is InChI=1S/C10H19N3O3S2/c1-2-8(10(12)17)18(15,16)13-5-3-4-7(6-13)9(11)14/h7-8H,2-6H2,1H3,(H2,11,14)(H2,12,17). The molecule has 1 rings (SSSR count). The summed E-state index contributed by atoms with van der Waals surface area (Å²) in [5.74, 6) is -0.879. The lowest BCUT2D eigenvalue weighted by Gasteiger charge is -2.32. The van der Waals surface area contributed by atoms with Crippen molar-refractivity contribution in [1.29, 1.82) is 0 Å². The minimum atomic E-state index is -3.58. The van der Waals surface area contributed by atoms with E-state index >= 15 is 0 Å². The first-order chi connectivity index (χ1) is 8.30. The fourth-order valence-corrected chi connectivity index (χ4v) is 4.52. The van der Waals surface area contributed by atoms with Gasteiger partial charge in [-0.2, -0.15) is 0 Å². The summed E-state index contributed by atoms with van der Waals surface area (Å²) in [6.45, 7) is 2.25. The number of nitrogens with zero attached hydrogens (tertiary/aromatic N) is 1. The Kier molecular flexibility index (Phi) is 5.06. The lowest BCUT2D eigenvalue weighted by atomic mass is 9.99. The van der Waals surface area contributed by atoms with E-state index in [2.05, 4.69) is 0 Å². The van der Waals surface area contributed by atoms with Crippen LogP contribution in [0.15, 0.2) is 0 Å². The van der Waals surface area contributed by atoms with E-state index in [0.717, 1.165) is 0 Å². The van der Waals surface area contributed by atoms with Crippen LogP contribution in [0.2, 0.25) is 0 Å². The van der Waals surface area contributed by atoms with Gasteiger partial charge in [0.25, 0.3) is 0 Å². The van der Waals surface area contributed by atoms with Crippen LogP contribution in [-0.2, 0) is 14.8 Å². The second-order valence-electron chi connectivity index (χ2n) is 4.44. The molecule has 0 spiro atoms. The maximum absolute atomic E-state index is 12.3. The molecule has 0 aromatic carbocycles. The molecule has 2 atom stereocenters. The van der Waals surface area contributed by atoms with Crippen molar-refractivity contribution in [2.75, 3.05) is 13.1 Å². The molecule has 18 heavy (non-hydrogen) atoms. The second kappa shape index (κ2) is 5.94. The van der Waals surface area contributed by atoms with Crippen LogP contribution in [0, 0.1) is 5.92 Å². The van der Waals surface area contributed by atoms with Crippen molar-refractivity contribution in [2.45, 2.75) is 31.4 Å². The fourth-order valence-electron chi connectivity index (χ4n) is 2.14. The number of hydrogen-bond acceptors (Lipinski definition) is 4. The molecule has 8 heteroatoms. The molecule has 0 radical (unpaired) electrons. The summed E-state index contributed by atoms with van der Waals surface area (Å²) in [7, 11) is -3.58. The van der Waals surface area contributed by atoms with Crippen molar-refractivity contribution in [1.82, 2.24) is 4.31 Å². The Balaban J connectivity index is 2.91. The average Bonchev–Trinajstić information content (AvgIpc) is 2.29. The zero-order valence-electron chi connectivity index (χ0n) is 10.3. The number of rotatable bonds is 5. The molecule has 6 nitrogen and oxygen atoms in total. The summed E-state index contributed by atoms with van der Waals surface area (Å²) in [6.07, 6.45) is 1.58. The van der Waals surface area contributed by atoms with Gasteiger partial charge in [0.1, 0.15) is 5.25 Å². The summed E-state index contributed by atoms with van der Waals surface area (Å²) in [4.78, 5) is 11.1. The van der Waals surface area contributed by atoms with Crippen molar-refractivity contribution in [3.05, 3.63) is 0 Å². The van der Waals surface area contributed by atoms with Crippen LogP contribution in [0.25, 0.3) is 0 Å². The lowest BCUT2D eigenvalue weighted by Crippen LogP contribution is -2.49. The number of hydrogen-bond donors (Lipinski definition) is 2. The molecular weight excluding hydrogens is 274 g/mol. The zero-order chi connectivity index (χ0) is 13.9. The maximum Gasteiger partial charge on any atom is 0.223 e. The molecule has 1 aliphatic rings. The van der Waals surface area contributed by atoms with E-state index in [1.807, 2.05) is 0 Å². The summed E-state index contributed by atoms with van der Waals surface area (Å²) < 4.78 is 26.0. The number of carbonyl (C=O) groups excluding carboxylic acids is 1. The van der Waals surface area contributed by atoms with Crippen LogP contribution in [0.5, 0.6) is 0 Å². The van der Waals surface area contributed by atoms with Crippen molar-refractivity contribution in [3.63, 3.8) is 0 Å². The minimum Gasteiger partial charge on any atom is -0.392 e. The molecule has 104 valence electrons. The van der Waals surface area contributed by atoms with Gasteiger partial charge in [-0.05, 0) is 19.3 Å². The van der Waals surface area contributed by atoms with Crippen molar-refractivity contribution in [3.8, 4) is 0 Å². The first kappa shape index (κ1) is 15.3. The van der Waals surface area contributed by atoms with Crippen LogP contribution < -0.4 is 11.5 Å². The number of thiocarbonyl (C=S) groups is 1. The van der Waals surface area contributed by atoms with Crippen LogP contribution in [0.1, 0.15) is 26.2 Å². The van der Waals surface area contributed by atoms with Crippen molar-refractivity contribution < 1.29 is 13.2 Å². The monoisotopic (exact) mass is 293 g/mol. The predicted octanol–water partition coefficient (Wildman–Crippen LogP) is -0.422. The van der Waals surface area contributed by atoms with Gasteiger partial charge in [0.2, 0.25) is 15.9 Å². The topological polar surface area (TPSA) is 106 Å². The first-order valence-electron chi connectivity index (χ1n) is 5.88. The molecule has 0 aromatic rings. The second-order valence-corrected chi connectivity index (χ2v) is 7.03. The Morgan fingerprint density at radius 2 is 2.11 bits per heavy atom. The van der Waals surface area contributed by atoms with E-state index in [4.69, 9.17) is 23.7 Å². The Bertz CT molecular complexity index is 436. The number of piperidine rings is 1. The third-order valence-corrected chi connectivity index (χ3v) is 5.99. The predicted molar refractivity (Wildman–Crippen MR) is 73.3 cm³/mol. The van der Waals surface area contributed by atoms with E-state index in [1.54, 1.807) is 6.92 Å². The lowest BCUT2D eigenvalue weighted by molar-refractivity contribution is -0.122. The highest BCUT2D eigenvalue weighted by Gasteiger charge is 2.37. The third kappa shape index (κ3) is 3.18. The van der Waals surface area contributed by atoms with E-state index in [-0.39, 0.29) is 11.5 Å². The Labute approximate surface area is 113 Å². The summed E-state index contributed by atoms with van der Waals surface area (Å²) in [5.41, 5.74) is 10.7. The van der Waals surface area contributed by atoms with Gasteiger partial charge in [0.05, 0.1) is 10.9 Å². The highest BCUT2D eigenvalue weighted by atomic mass is 32.2. The molecule has 4 N–H and O–H groups in total. The number of primary amides is 1. The average molecular weight is 293 g/mol. The molecule has 1 heterocycles. The van der Waals surface area contributed by atoms with Gasteiger partial charge >= 0.3 is 0 Å². The van der Waals surface area contributed by atoms with E-state index in [0.29, 0.717) is 25.8 Å². The van der Waals surface area contributed by atoms with Crippen molar-refractivity contribution >= 4 is 33.1 Å². The quantitative estimate of drug-likeness (QED) is 0.669. The number of carbonyl (C=O) groups is 1. The Morgan fingerprint density at radius 3 is 2.56 bits per heavy atom. The summed E-state index contributed by atoms with van der Waals surface area (Å²) in [6, 6.07) is 0. The van der Waals surface area contributed by atoms with Crippen LogP contribution >= 0.6 is 12.2 Å². The molecule has 0 saturated carbocycles. The molecule has 1 aliphatic heterocycles. The molecule has 1 amide bonds. The van der Waals surface area contributed by atoms with Gasteiger partial charge in [-0.1, -0.05) is 19.1 Å². The zero-order valence-corrected chi connectivity index (χ0v) is 12.0. The molecular formula is C10H19N3O3S2. The Morgan fingerprint density at radius 1 is 1.50 bits per heavy atom. The van der Waals surface area contributed by atoms with Gasteiger partial charge < -0.3 is 11.5 Å². The highest BCUT2D eigenvalue weighted by molar-refractivity contribution is 7.92. The molecule has 0 bridgehead atoms. The SMILES string of the molecule is CCC(C(N)=S)S(=O)(=O)N1CCCC(C(N)=O)C1. The largest absolute Gasteiger partial charge is 0.392 e. The first-order valence-corrected chi connectivity index (χ1v) is 7.79. The number of nitrogens with two attached hydrogens (primary N) is 2. The molecule has 0 aliphatic carbocycles. The fraction of sp³-hybridized carbons (Fsp3) is 0.800. The van der Waals surface area contributed by atoms with Gasteiger partial charge in [-0.25, -0.2) is 12.7 Å². The van der Waals surface area contributed by atoms with Gasteiger partial charge in [0, 0.05) is 13.1 Å². The van der Waals surface area contributed by atoms with Crippen LogP contribution in [0.3, 0.4) is 0 Å². The normalized spacial score (nSPS) is 23.5. The molecule has 0 aromatic heterocycles. The number of sulfonamides is 1. The molecule has 1 saturated heterocycles. The summed E-state index contributed by atoms with van der Waals surface area (Å²) >= 11 is 4.79. The van der Waals surface area contributed by atoms with Crippen molar-refractivity contribution in [2.24, 2.45) is 17.4 Å². The maximum atomic E-state index is 12.3. The highest BCUT2D eigenvalue weighted by Crippen LogP contribution is 2.22. The molecule has 2 unspecified atom stereocenters. The van der Waals surface area contributed by atoms with Gasteiger partial charge in [-0.15, -0.1) is 0 Å². The number of amides is 1. The smallest absolute Gasteiger partial charge is 0.223 e. The van der Waals surface area contributed by atoms with Crippen LogP contribution in [0.4, 0.5) is 0 Å². The van der Waals surface area contributed by atoms with E-state index < -0.39 is 27.1 Å². The Hall–Kier alpha value is -0.730. The summed E-state index contributed by atoms with van der Waals surface area (Å²) in [5, 5.41) is -0.862. The van der Waals surface area contributed by atoms with E-state index in [9.17, 15) is 13.2 Å². The van der Waals surface area contributed by atoms with Gasteiger partial charge in [0.15, 0.2) is 0 Å². The molecule has 1 fully saturated rings. The minimum absolute atomic E-state index is 0.0290.